The first-order valence-electron chi connectivity index (χ1n) is 13.8. The van der Waals surface area contributed by atoms with Crippen LogP contribution in [0.4, 0.5) is 5.69 Å². The highest BCUT2D eigenvalue weighted by Gasteiger charge is 2.42. The minimum absolute atomic E-state index is 0.327. The van der Waals surface area contributed by atoms with E-state index in [0.29, 0.717) is 12.3 Å². The molecule has 0 saturated carbocycles. The maximum atomic E-state index is 12.0. The molecule has 3 aliphatic heterocycles. The van der Waals surface area contributed by atoms with Crippen LogP contribution in [0.15, 0.2) is 29.3 Å². The minimum atomic E-state index is -3.40. The van der Waals surface area contributed by atoms with E-state index < -0.39 is 10.0 Å². The van der Waals surface area contributed by atoms with Crippen molar-refractivity contribution in [2.24, 2.45) is 4.99 Å². The predicted molar refractivity (Wildman–Crippen MR) is 153 cm³/mol. The van der Waals surface area contributed by atoms with Crippen molar-refractivity contribution in [2.45, 2.75) is 84.4 Å². The fraction of sp³-hybridized carbons (Fsp3) is 0.567. The lowest BCUT2D eigenvalue weighted by atomic mass is 9.78. The van der Waals surface area contributed by atoms with Gasteiger partial charge in [-0.25, -0.2) is 8.42 Å². The van der Waals surface area contributed by atoms with E-state index in [4.69, 9.17) is 14.5 Å². The number of fused-ring (bicyclic) bond motifs is 3. The molecule has 1 N–H and O–H groups in total. The normalized spacial score (nSPS) is 20.2. The van der Waals surface area contributed by atoms with Gasteiger partial charge in [0.1, 0.15) is 5.60 Å². The molecule has 0 bridgehead atoms. The first-order chi connectivity index (χ1) is 17.9. The number of nitrogens with zero attached hydrogens (tertiary/aromatic N) is 2. The number of nitrogens with one attached hydrogen (secondary N) is 1. The second-order valence-electron chi connectivity index (χ2n) is 12.2. The van der Waals surface area contributed by atoms with E-state index in [1.807, 2.05) is 25.1 Å². The van der Waals surface area contributed by atoms with Crippen LogP contribution in [0.3, 0.4) is 0 Å². The summed E-state index contributed by atoms with van der Waals surface area (Å²) in [6, 6.07) is 7.57. The molecule has 7 nitrogen and oxygen atoms in total. The number of piperidine rings is 1. The van der Waals surface area contributed by atoms with E-state index in [2.05, 4.69) is 37.3 Å². The molecule has 0 radical (unpaired) electrons. The highest BCUT2D eigenvalue weighted by atomic mass is 32.2. The van der Waals surface area contributed by atoms with Crippen molar-refractivity contribution in [2.75, 3.05) is 30.7 Å². The van der Waals surface area contributed by atoms with E-state index in [9.17, 15) is 8.42 Å². The molecule has 0 aliphatic carbocycles. The number of likely N-dealkylation sites (tertiary alicyclic amines) is 1. The van der Waals surface area contributed by atoms with Crippen molar-refractivity contribution in [1.29, 1.82) is 0 Å². The maximum absolute atomic E-state index is 12.0. The Morgan fingerprint density at radius 2 is 1.82 bits per heavy atom. The first-order valence-corrected chi connectivity index (χ1v) is 15.7. The van der Waals surface area contributed by atoms with Crippen LogP contribution in [-0.2, 0) is 29.4 Å². The lowest BCUT2D eigenvalue weighted by molar-refractivity contribution is 0.131. The quantitative estimate of drug-likeness (QED) is 0.515. The molecule has 0 spiro atoms. The summed E-state index contributed by atoms with van der Waals surface area (Å²) in [5.74, 6) is 1.74. The molecule has 3 heterocycles. The van der Waals surface area contributed by atoms with Crippen LogP contribution < -0.4 is 14.2 Å². The molecule has 5 rings (SSSR count). The van der Waals surface area contributed by atoms with Gasteiger partial charge in [-0.1, -0.05) is 18.6 Å². The average molecular weight is 540 g/mol. The van der Waals surface area contributed by atoms with Crippen molar-refractivity contribution in [3.8, 4) is 11.5 Å². The summed E-state index contributed by atoms with van der Waals surface area (Å²) >= 11 is 0. The lowest BCUT2D eigenvalue weighted by Gasteiger charge is -2.35. The molecule has 0 atom stereocenters. The van der Waals surface area contributed by atoms with E-state index >= 15 is 0 Å². The summed E-state index contributed by atoms with van der Waals surface area (Å²) < 4.78 is 39.6. The molecule has 0 unspecified atom stereocenters. The topological polar surface area (TPSA) is 80.2 Å². The third-order valence-corrected chi connectivity index (χ3v) is 8.13. The highest BCUT2D eigenvalue weighted by molar-refractivity contribution is 7.92. The zero-order chi connectivity index (χ0) is 27.3. The third kappa shape index (κ3) is 5.57. The SMILES string of the molecule is CCOc1c(CN2CCCCC2)c2c(c3c1OC(C)(C)C3)C(c1cccc(NS(C)(=O)=O)c1)=NC(C)(C)C2. The number of rotatable bonds is 7. The highest BCUT2D eigenvalue weighted by Crippen LogP contribution is 2.51. The Kier molecular flexibility index (Phi) is 7.01. The minimum Gasteiger partial charge on any atom is -0.490 e. The zero-order valence-electron chi connectivity index (χ0n) is 23.6. The largest absolute Gasteiger partial charge is 0.490 e. The molecule has 1 fully saturated rings. The average Bonchev–Trinajstić information content (AvgIpc) is 3.14. The monoisotopic (exact) mass is 539 g/mol. The summed E-state index contributed by atoms with van der Waals surface area (Å²) in [5.41, 5.74) is 6.42. The molecule has 8 heteroatoms. The number of ether oxygens (including phenoxy) is 2. The van der Waals surface area contributed by atoms with Crippen molar-refractivity contribution in [3.05, 3.63) is 52.1 Å². The Balaban J connectivity index is 1.74. The van der Waals surface area contributed by atoms with Crippen LogP contribution in [0.25, 0.3) is 0 Å². The van der Waals surface area contributed by atoms with Crippen molar-refractivity contribution in [1.82, 2.24) is 4.90 Å². The van der Waals surface area contributed by atoms with E-state index in [0.717, 1.165) is 66.4 Å². The van der Waals surface area contributed by atoms with Gasteiger partial charge >= 0.3 is 0 Å². The van der Waals surface area contributed by atoms with Gasteiger partial charge < -0.3 is 9.47 Å². The molecule has 2 aromatic carbocycles. The predicted octanol–water partition coefficient (Wildman–Crippen LogP) is 5.33. The Hall–Kier alpha value is -2.58. The standard InChI is InChI=1S/C30H41N3O4S/c1-7-36-27-24(19-33-14-9-8-10-15-33)22-17-29(2,3)31-26(25(22)23-18-30(4,5)37-28(23)27)20-12-11-13-21(16-20)32-38(6,34)35/h11-13,16,32H,7-10,14-15,17-19H2,1-6H3. The summed E-state index contributed by atoms with van der Waals surface area (Å²) in [4.78, 5) is 7.83. The van der Waals surface area contributed by atoms with Crippen molar-refractivity contribution >= 4 is 21.4 Å². The van der Waals surface area contributed by atoms with Crippen molar-refractivity contribution in [3.63, 3.8) is 0 Å². The van der Waals surface area contributed by atoms with Crippen LogP contribution in [0, 0.1) is 0 Å². The number of hydrogen-bond donors (Lipinski definition) is 1. The molecule has 206 valence electrons. The van der Waals surface area contributed by atoms with Gasteiger partial charge in [-0.05, 0) is 84.7 Å². The van der Waals surface area contributed by atoms with Gasteiger partial charge in [0.2, 0.25) is 10.0 Å². The Bertz CT molecular complexity index is 1370. The molecular weight excluding hydrogens is 498 g/mol. The summed E-state index contributed by atoms with van der Waals surface area (Å²) in [7, 11) is -3.40. The number of hydrogen-bond acceptors (Lipinski definition) is 6. The van der Waals surface area contributed by atoms with Gasteiger partial charge in [-0.3, -0.25) is 14.6 Å². The molecular formula is C30H41N3O4S. The van der Waals surface area contributed by atoms with Crippen LogP contribution >= 0.6 is 0 Å². The smallest absolute Gasteiger partial charge is 0.229 e. The molecule has 0 aromatic heterocycles. The van der Waals surface area contributed by atoms with Crippen LogP contribution in [0.5, 0.6) is 11.5 Å². The van der Waals surface area contributed by atoms with Gasteiger partial charge in [0.15, 0.2) is 11.5 Å². The van der Waals surface area contributed by atoms with Gasteiger partial charge in [0.05, 0.1) is 24.1 Å². The number of sulfonamides is 1. The molecule has 0 amide bonds. The van der Waals surface area contributed by atoms with Gasteiger partial charge in [0, 0.05) is 40.9 Å². The van der Waals surface area contributed by atoms with Crippen LogP contribution in [0.1, 0.15) is 81.7 Å². The Labute approximate surface area is 227 Å². The molecule has 2 aromatic rings. The van der Waals surface area contributed by atoms with Gasteiger partial charge in [0.25, 0.3) is 0 Å². The summed E-state index contributed by atoms with van der Waals surface area (Å²) in [6.45, 7) is 14.2. The Morgan fingerprint density at radius 1 is 1.08 bits per heavy atom. The summed E-state index contributed by atoms with van der Waals surface area (Å²) in [6.07, 6.45) is 6.47. The van der Waals surface area contributed by atoms with Crippen LogP contribution in [-0.4, -0.2) is 56.1 Å². The second-order valence-corrected chi connectivity index (χ2v) is 13.9. The molecule has 1 saturated heterocycles. The third-order valence-electron chi connectivity index (χ3n) is 7.52. The van der Waals surface area contributed by atoms with Crippen LogP contribution in [0.2, 0.25) is 0 Å². The lowest BCUT2D eigenvalue weighted by Crippen LogP contribution is -2.34. The zero-order valence-corrected chi connectivity index (χ0v) is 24.4. The molecule has 38 heavy (non-hydrogen) atoms. The molecule has 3 aliphatic rings. The maximum Gasteiger partial charge on any atom is 0.229 e. The second kappa shape index (κ2) is 9.87. The van der Waals surface area contributed by atoms with E-state index in [1.54, 1.807) is 6.07 Å². The number of anilines is 1. The summed E-state index contributed by atoms with van der Waals surface area (Å²) in [5, 5.41) is 0. The fourth-order valence-electron chi connectivity index (χ4n) is 6.14. The Morgan fingerprint density at radius 3 is 2.50 bits per heavy atom. The number of aliphatic imine (C=N–C) groups is 1. The van der Waals surface area contributed by atoms with Gasteiger partial charge in [-0.2, -0.15) is 0 Å². The number of benzene rings is 2. The van der Waals surface area contributed by atoms with E-state index in [1.165, 1.54) is 36.6 Å². The fourth-order valence-corrected chi connectivity index (χ4v) is 6.70. The van der Waals surface area contributed by atoms with E-state index in [-0.39, 0.29) is 11.1 Å². The first kappa shape index (κ1) is 27.0. The van der Waals surface area contributed by atoms with Crippen molar-refractivity contribution < 1.29 is 17.9 Å². The van der Waals surface area contributed by atoms with Gasteiger partial charge in [-0.15, -0.1) is 0 Å².